The number of fused-ring (bicyclic) bond motifs is 3. The molecule has 0 saturated carbocycles. The highest BCUT2D eigenvalue weighted by molar-refractivity contribution is 5.75. The lowest BCUT2D eigenvalue weighted by molar-refractivity contribution is 0.142. The SMILES string of the molecule is CN1CCCN(c2ccc3c(c2)CCCc2c-3[nH]c(=O)c(OC(=O)O)c2O)CC1. The largest absolute Gasteiger partial charge is 0.511 e. The molecule has 1 aliphatic heterocycles. The summed E-state index contributed by atoms with van der Waals surface area (Å²) in [5.41, 5.74) is 3.45. The first-order valence-corrected chi connectivity index (χ1v) is 9.89. The molecule has 8 nitrogen and oxygen atoms in total. The van der Waals surface area contributed by atoms with Crippen LogP contribution in [0.3, 0.4) is 0 Å². The molecule has 29 heavy (non-hydrogen) atoms. The van der Waals surface area contributed by atoms with E-state index in [-0.39, 0.29) is 0 Å². The van der Waals surface area contributed by atoms with Crippen molar-refractivity contribution in [2.45, 2.75) is 25.7 Å². The first-order chi connectivity index (χ1) is 13.9. The maximum absolute atomic E-state index is 12.3. The molecule has 1 aliphatic carbocycles. The van der Waals surface area contributed by atoms with Crippen molar-refractivity contribution in [3.05, 3.63) is 39.7 Å². The molecule has 0 spiro atoms. The van der Waals surface area contributed by atoms with E-state index in [0.717, 1.165) is 56.6 Å². The highest BCUT2D eigenvalue weighted by Gasteiger charge is 2.25. The molecule has 0 atom stereocenters. The summed E-state index contributed by atoms with van der Waals surface area (Å²) >= 11 is 0. The first kappa shape index (κ1) is 19.3. The monoisotopic (exact) mass is 399 g/mol. The van der Waals surface area contributed by atoms with Crippen LogP contribution in [0.2, 0.25) is 0 Å². The highest BCUT2D eigenvalue weighted by Crippen LogP contribution is 2.39. The van der Waals surface area contributed by atoms with E-state index in [1.54, 1.807) is 0 Å². The van der Waals surface area contributed by atoms with Crippen molar-refractivity contribution in [1.29, 1.82) is 0 Å². The van der Waals surface area contributed by atoms with E-state index >= 15 is 0 Å². The van der Waals surface area contributed by atoms with Crippen molar-refractivity contribution in [2.24, 2.45) is 0 Å². The normalized spacial score (nSPS) is 17.1. The Kier molecular flexibility index (Phi) is 5.19. The molecule has 8 heteroatoms. The zero-order chi connectivity index (χ0) is 20.5. The molecule has 1 saturated heterocycles. The van der Waals surface area contributed by atoms with Gasteiger partial charge in [-0.1, -0.05) is 6.07 Å². The number of benzene rings is 1. The van der Waals surface area contributed by atoms with Gasteiger partial charge < -0.3 is 29.7 Å². The Morgan fingerprint density at radius 3 is 2.76 bits per heavy atom. The molecule has 2 aliphatic rings. The number of hydrogen-bond donors (Lipinski definition) is 3. The van der Waals surface area contributed by atoms with Gasteiger partial charge in [-0.2, -0.15) is 0 Å². The number of H-pyrrole nitrogens is 1. The number of aromatic nitrogens is 1. The van der Waals surface area contributed by atoms with Gasteiger partial charge in [-0.15, -0.1) is 0 Å². The number of aryl methyl sites for hydroxylation is 1. The number of nitrogens with one attached hydrogen (secondary N) is 1. The molecule has 2 aromatic rings. The standard InChI is InChI=1S/C21H25N3O5/c1-23-8-3-9-24(11-10-23)14-6-7-15-13(12-14)4-2-5-16-17(15)22-20(26)19(18(16)25)29-21(27)28/h6-7,12H,2-5,8-11H2,1H3,(H,27,28)(H2,22,25,26). The van der Waals surface area contributed by atoms with Crippen molar-refractivity contribution >= 4 is 11.8 Å². The third-order valence-electron chi connectivity index (χ3n) is 5.75. The molecule has 4 rings (SSSR count). The molecular formula is C21H25N3O5. The van der Waals surface area contributed by atoms with E-state index < -0.39 is 23.2 Å². The Bertz CT molecular complexity index is 1000. The lowest BCUT2D eigenvalue weighted by Gasteiger charge is -2.24. The number of pyridine rings is 1. The summed E-state index contributed by atoms with van der Waals surface area (Å²) in [7, 11) is 2.14. The zero-order valence-corrected chi connectivity index (χ0v) is 16.4. The van der Waals surface area contributed by atoms with E-state index in [2.05, 4.69) is 38.7 Å². The van der Waals surface area contributed by atoms with Gasteiger partial charge in [0.1, 0.15) is 0 Å². The molecule has 1 fully saturated rings. The lowest BCUT2D eigenvalue weighted by atomic mass is 10.00. The summed E-state index contributed by atoms with van der Waals surface area (Å²) in [5.74, 6) is -0.955. The maximum Gasteiger partial charge on any atom is 0.511 e. The van der Waals surface area contributed by atoms with Gasteiger partial charge in [0.05, 0.1) is 5.69 Å². The number of ether oxygens (including phenoxy) is 1. The van der Waals surface area contributed by atoms with Crippen LogP contribution >= 0.6 is 0 Å². The van der Waals surface area contributed by atoms with Crippen molar-refractivity contribution in [3.8, 4) is 22.8 Å². The minimum absolute atomic E-state index is 0.390. The Morgan fingerprint density at radius 2 is 1.97 bits per heavy atom. The molecule has 0 bridgehead atoms. The van der Waals surface area contributed by atoms with E-state index in [1.165, 1.54) is 5.69 Å². The van der Waals surface area contributed by atoms with Gasteiger partial charge in [-0.25, -0.2) is 4.79 Å². The quantitative estimate of drug-likeness (QED) is 0.666. The summed E-state index contributed by atoms with van der Waals surface area (Å²) in [6, 6.07) is 6.21. The number of anilines is 1. The second-order valence-corrected chi connectivity index (χ2v) is 7.69. The Hall–Kier alpha value is -3.00. The first-order valence-electron chi connectivity index (χ1n) is 9.89. The van der Waals surface area contributed by atoms with Crippen molar-refractivity contribution in [3.63, 3.8) is 0 Å². The topological polar surface area (TPSA) is 106 Å². The van der Waals surface area contributed by atoms with Crippen LogP contribution in [-0.4, -0.2) is 59.5 Å². The van der Waals surface area contributed by atoms with Gasteiger partial charge in [-0.3, -0.25) is 4.79 Å². The second kappa shape index (κ2) is 7.79. The fourth-order valence-corrected chi connectivity index (χ4v) is 4.25. The summed E-state index contributed by atoms with van der Waals surface area (Å²) < 4.78 is 4.50. The number of carboxylic acid groups (broad SMARTS) is 1. The summed E-state index contributed by atoms with van der Waals surface area (Å²) in [4.78, 5) is 30.6. The van der Waals surface area contributed by atoms with E-state index in [9.17, 15) is 14.7 Å². The summed E-state index contributed by atoms with van der Waals surface area (Å²) in [6.07, 6.45) is 1.59. The molecular weight excluding hydrogens is 374 g/mol. The van der Waals surface area contributed by atoms with Crippen molar-refractivity contribution in [1.82, 2.24) is 9.88 Å². The van der Waals surface area contributed by atoms with Gasteiger partial charge in [-0.05, 0) is 57.0 Å². The predicted octanol–water partition coefficient (Wildman–Crippen LogP) is 2.43. The van der Waals surface area contributed by atoms with Gasteiger partial charge in [0.25, 0.3) is 5.56 Å². The molecule has 2 heterocycles. The Labute approximate surface area is 168 Å². The van der Waals surface area contributed by atoms with E-state index in [1.807, 2.05) is 6.07 Å². The Balaban J connectivity index is 1.74. The van der Waals surface area contributed by atoms with E-state index in [4.69, 9.17) is 5.11 Å². The molecule has 3 N–H and O–H groups in total. The lowest BCUT2D eigenvalue weighted by Crippen LogP contribution is -2.28. The second-order valence-electron chi connectivity index (χ2n) is 7.69. The number of likely N-dealkylation sites (N-methyl/N-ethyl adjacent to an activating group) is 1. The average molecular weight is 399 g/mol. The van der Waals surface area contributed by atoms with Gasteiger partial charge >= 0.3 is 6.16 Å². The molecule has 0 amide bonds. The fraction of sp³-hybridized carbons (Fsp3) is 0.429. The summed E-state index contributed by atoms with van der Waals surface area (Å²) in [6.45, 7) is 4.09. The van der Waals surface area contributed by atoms with Crippen LogP contribution in [-0.2, 0) is 12.8 Å². The molecule has 1 aromatic carbocycles. The molecule has 1 aromatic heterocycles. The van der Waals surface area contributed by atoms with Crippen LogP contribution in [0.5, 0.6) is 11.5 Å². The predicted molar refractivity (Wildman–Crippen MR) is 109 cm³/mol. The zero-order valence-electron chi connectivity index (χ0n) is 16.4. The van der Waals surface area contributed by atoms with Gasteiger partial charge in [0.2, 0.25) is 5.75 Å². The average Bonchev–Trinajstić information content (AvgIpc) is 3.01. The number of nitrogens with zero attached hydrogens (tertiary/aromatic N) is 2. The van der Waals surface area contributed by atoms with Crippen LogP contribution in [0.15, 0.2) is 23.0 Å². The smallest absolute Gasteiger partial charge is 0.504 e. The van der Waals surface area contributed by atoms with Crippen LogP contribution < -0.4 is 15.2 Å². The molecule has 0 radical (unpaired) electrons. The number of aromatic amines is 1. The molecule has 0 unspecified atom stereocenters. The number of aromatic hydroxyl groups is 1. The minimum atomic E-state index is -1.63. The minimum Gasteiger partial charge on any atom is -0.504 e. The summed E-state index contributed by atoms with van der Waals surface area (Å²) in [5, 5.41) is 19.3. The fourth-order valence-electron chi connectivity index (χ4n) is 4.25. The third-order valence-corrected chi connectivity index (χ3v) is 5.75. The van der Waals surface area contributed by atoms with Gasteiger partial charge in [0, 0.05) is 36.4 Å². The number of hydrogen-bond acceptors (Lipinski definition) is 6. The molecule has 154 valence electrons. The maximum atomic E-state index is 12.3. The van der Waals surface area contributed by atoms with Crippen molar-refractivity contribution in [2.75, 3.05) is 38.1 Å². The highest BCUT2D eigenvalue weighted by atomic mass is 16.7. The van der Waals surface area contributed by atoms with Crippen LogP contribution in [0.1, 0.15) is 24.0 Å². The van der Waals surface area contributed by atoms with Crippen LogP contribution in [0.25, 0.3) is 11.3 Å². The van der Waals surface area contributed by atoms with Gasteiger partial charge in [0.15, 0.2) is 5.75 Å². The Morgan fingerprint density at radius 1 is 1.14 bits per heavy atom. The van der Waals surface area contributed by atoms with Crippen LogP contribution in [0.4, 0.5) is 10.5 Å². The van der Waals surface area contributed by atoms with Crippen LogP contribution in [0, 0.1) is 0 Å². The number of rotatable bonds is 2. The third kappa shape index (κ3) is 3.80. The van der Waals surface area contributed by atoms with Crippen molar-refractivity contribution < 1.29 is 19.7 Å². The van der Waals surface area contributed by atoms with E-state index in [0.29, 0.717) is 17.7 Å². The number of carbonyl (C=O) groups is 1.